The van der Waals surface area contributed by atoms with E-state index in [9.17, 15) is 13.2 Å². The number of aromatic nitrogens is 3. The second-order valence-corrected chi connectivity index (χ2v) is 9.83. The average Bonchev–Trinajstić information content (AvgIpc) is 2.82. The number of rotatable bonds is 6. The highest BCUT2D eigenvalue weighted by Gasteiger charge is 2.24. The lowest BCUT2D eigenvalue weighted by atomic mass is 10.1. The van der Waals surface area contributed by atoms with Gasteiger partial charge in [0.25, 0.3) is 15.9 Å². The van der Waals surface area contributed by atoms with Gasteiger partial charge in [-0.05, 0) is 74.7 Å². The van der Waals surface area contributed by atoms with Gasteiger partial charge in [-0.25, -0.2) is 14.7 Å². The van der Waals surface area contributed by atoms with Crippen molar-refractivity contribution in [3.8, 4) is 23.0 Å². The van der Waals surface area contributed by atoms with E-state index < -0.39 is 15.9 Å². The van der Waals surface area contributed by atoms with E-state index >= 15 is 0 Å². The standard InChI is InChI=1S/C26H24N4O4S/c1-16-8-10-21(28-15-16)22-11-9-20(25(31)30-35(32,33)23-7-5-6-12-27-23)26(29-22)34-24-18(3)13-17(2)14-19(24)4/h5-15H,1-4H3,(H,30,31). The van der Waals surface area contributed by atoms with Gasteiger partial charge >= 0.3 is 0 Å². The molecule has 0 spiro atoms. The highest BCUT2D eigenvalue weighted by atomic mass is 32.2. The van der Waals surface area contributed by atoms with E-state index in [4.69, 9.17) is 4.74 Å². The molecule has 3 heterocycles. The zero-order chi connectivity index (χ0) is 25.2. The molecule has 0 bridgehead atoms. The molecule has 1 aromatic carbocycles. The summed E-state index contributed by atoms with van der Waals surface area (Å²) in [5.41, 5.74) is 4.80. The molecular formula is C26H24N4O4S. The first kappa shape index (κ1) is 24.0. The normalized spacial score (nSPS) is 11.2. The van der Waals surface area contributed by atoms with Crippen LogP contribution in [0.2, 0.25) is 0 Å². The molecule has 3 aromatic heterocycles. The average molecular weight is 489 g/mol. The van der Waals surface area contributed by atoms with E-state index in [2.05, 4.69) is 19.7 Å². The Morgan fingerprint density at radius 3 is 2.20 bits per heavy atom. The number of ether oxygens (including phenoxy) is 1. The van der Waals surface area contributed by atoms with Crippen molar-refractivity contribution in [2.75, 3.05) is 0 Å². The highest BCUT2D eigenvalue weighted by Crippen LogP contribution is 2.32. The van der Waals surface area contributed by atoms with Gasteiger partial charge in [-0.3, -0.25) is 9.78 Å². The fourth-order valence-electron chi connectivity index (χ4n) is 3.61. The quantitative estimate of drug-likeness (QED) is 0.419. The Morgan fingerprint density at radius 1 is 0.857 bits per heavy atom. The van der Waals surface area contributed by atoms with Crippen LogP contribution in [-0.4, -0.2) is 29.3 Å². The lowest BCUT2D eigenvalue weighted by Crippen LogP contribution is -2.31. The van der Waals surface area contributed by atoms with Crippen LogP contribution in [0.3, 0.4) is 0 Å². The molecule has 4 rings (SSSR count). The Labute approximate surface area is 204 Å². The lowest BCUT2D eigenvalue weighted by Gasteiger charge is -2.16. The van der Waals surface area contributed by atoms with Gasteiger partial charge in [-0.15, -0.1) is 0 Å². The Bertz CT molecular complexity index is 1480. The predicted molar refractivity (Wildman–Crippen MR) is 132 cm³/mol. The van der Waals surface area contributed by atoms with E-state index in [0.29, 0.717) is 17.1 Å². The summed E-state index contributed by atoms with van der Waals surface area (Å²) in [5, 5.41) is -0.269. The number of sulfonamides is 1. The van der Waals surface area contributed by atoms with Gasteiger partial charge in [-0.2, -0.15) is 8.42 Å². The number of aryl methyl sites for hydroxylation is 4. The number of amides is 1. The Kier molecular flexibility index (Phi) is 6.61. The van der Waals surface area contributed by atoms with Gasteiger partial charge in [0.2, 0.25) is 5.88 Å². The Morgan fingerprint density at radius 2 is 1.57 bits per heavy atom. The molecule has 1 N–H and O–H groups in total. The fourth-order valence-corrected chi connectivity index (χ4v) is 4.53. The van der Waals surface area contributed by atoms with Gasteiger partial charge in [-0.1, -0.05) is 29.8 Å². The summed E-state index contributed by atoms with van der Waals surface area (Å²) in [7, 11) is -4.19. The van der Waals surface area contributed by atoms with Crippen LogP contribution in [0.15, 0.2) is 72.0 Å². The van der Waals surface area contributed by atoms with Crippen LogP contribution in [0, 0.1) is 27.7 Å². The summed E-state index contributed by atoms with van der Waals surface area (Å²) in [4.78, 5) is 25.9. The van der Waals surface area contributed by atoms with Crippen molar-refractivity contribution in [2.45, 2.75) is 32.7 Å². The van der Waals surface area contributed by atoms with Gasteiger partial charge in [0.15, 0.2) is 5.03 Å². The van der Waals surface area contributed by atoms with E-state index in [-0.39, 0.29) is 16.5 Å². The molecule has 0 atom stereocenters. The van der Waals surface area contributed by atoms with Crippen molar-refractivity contribution in [1.29, 1.82) is 0 Å². The first-order valence-corrected chi connectivity index (χ1v) is 12.3. The minimum atomic E-state index is -4.19. The number of carbonyl (C=O) groups excluding carboxylic acids is 1. The number of hydrogen-bond donors (Lipinski definition) is 1. The predicted octanol–water partition coefficient (Wildman–Crippen LogP) is 4.68. The molecule has 0 saturated heterocycles. The van der Waals surface area contributed by atoms with Crippen LogP contribution in [0.4, 0.5) is 0 Å². The molecule has 0 saturated carbocycles. The summed E-state index contributed by atoms with van der Waals surface area (Å²) in [6, 6.07) is 15.1. The number of nitrogens with zero attached hydrogens (tertiary/aromatic N) is 3. The first-order chi connectivity index (χ1) is 16.6. The smallest absolute Gasteiger partial charge is 0.281 e. The summed E-state index contributed by atoms with van der Waals surface area (Å²) in [5.74, 6) is -0.378. The van der Waals surface area contributed by atoms with Gasteiger partial charge in [0.05, 0.1) is 11.4 Å². The van der Waals surface area contributed by atoms with E-state index in [0.717, 1.165) is 22.3 Å². The van der Waals surface area contributed by atoms with Crippen LogP contribution < -0.4 is 9.46 Å². The lowest BCUT2D eigenvalue weighted by molar-refractivity contribution is 0.0978. The molecule has 0 aliphatic carbocycles. The van der Waals surface area contributed by atoms with E-state index in [1.54, 1.807) is 18.3 Å². The molecule has 0 aliphatic heterocycles. The second kappa shape index (κ2) is 9.63. The third-order valence-electron chi connectivity index (χ3n) is 5.22. The number of carbonyl (C=O) groups is 1. The third-order valence-corrected chi connectivity index (χ3v) is 6.47. The first-order valence-electron chi connectivity index (χ1n) is 10.8. The van der Waals surface area contributed by atoms with Gasteiger partial charge in [0, 0.05) is 12.4 Å². The summed E-state index contributed by atoms with van der Waals surface area (Å²) >= 11 is 0. The molecule has 0 fully saturated rings. The van der Waals surface area contributed by atoms with Crippen LogP contribution in [0.25, 0.3) is 11.4 Å². The summed E-state index contributed by atoms with van der Waals surface area (Å²) < 4.78 is 33.6. The highest BCUT2D eigenvalue weighted by molar-refractivity contribution is 7.90. The second-order valence-electron chi connectivity index (χ2n) is 8.20. The Hall–Kier alpha value is -4.11. The molecule has 8 nitrogen and oxygen atoms in total. The number of benzene rings is 1. The molecule has 4 aromatic rings. The van der Waals surface area contributed by atoms with Crippen LogP contribution in [0.5, 0.6) is 11.6 Å². The van der Waals surface area contributed by atoms with Crippen molar-refractivity contribution < 1.29 is 17.9 Å². The van der Waals surface area contributed by atoms with Crippen molar-refractivity contribution in [1.82, 2.24) is 19.7 Å². The van der Waals surface area contributed by atoms with Crippen LogP contribution >= 0.6 is 0 Å². The topological polar surface area (TPSA) is 111 Å². The van der Waals surface area contributed by atoms with Crippen LogP contribution in [-0.2, 0) is 10.0 Å². The zero-order valence-corrected chi connectivity index (χ0v) is 20.6. The zero-order valence-electron chi connectivity index (χ0n) is 19.7. The minimum Gasteiger partial charge on any atom is -0.438 e. The fraction of sp³-hybridized carbons (Fsp3) is 0.154. The number of pyridine rings is 3. The maximum atomic E-state index is 13.1. The van der Waals surface area contributed by atoms with Gasteiger partial charge < -0.3 is 4.74 Å². The minimum absolute atomic E-state index is 0.0337. The molecule has 0 aliphatic rings. The number of hydrogen-bond acceptors (Lipinski definition) is 7. The van der Waals surface area contributed by atoms with Crippen LogP contribution in [0.1, 0.15) is 32.6 Å². The monoisotopic (exact) mass is 488 g/mol. The molecule has 0 unspecified atom stereocenters. The van der Waals surface area contributed by atoms with Crippen molar-refractivity contribution in [3.63, 3.8) is 0 Å². The Balaban J connectivity index is 1.77. The van der Waals surface area contributed by atoms with Crippen molar-refractivity contribution >= 4 is 15.9 Å². The number of nitrogens with one attached hydrogen (secondary N) is 1. The molecule has 178 valence electrons. The summed E-state index contributed by atoms with van der Waals surface area (Å²) in [6.45, 7) is 7.70. The SMILES string of the molecule is Cc1ccc(-c2ccc(C(=O)NS(=O)(=O)c3ccccn3)c(Oc3c(C)cc(C)cc3C)n2)nc1. The van der Waals surface area contributed by atoms with E-state index in [1.165, 1.54) is 24.4 Å². The molecule has 35 heavy (non-hydrogen) atoms. The third kappa shape index (κ3) is 5.36. The summed E-state index contributed by atoms with van der Waals surface area (Å²) in [6.07, 6.45) is 3.05. The molecule has 1 amide bonds. The maximum absolute atomic E-state index is 13.1. The largest absolute Gasteiger partial charge is 0.438 e. The van der Waals surface area contributed by atoms with Crippen molar-refractivity contribution in [3.05, 3.63) is 94.8 Å². The van der Waals surface area contributed by atoms with E-state index in [1.807, 2.05) is 52.0 Å². The maximum Gasteiger partial charge on any atom is 0.281 e. The molecule has 0 radical (unpaired) electrons. The van der Waals surface area contributed by atoms with Crippen molar-refractivity contribution in [2.24, 2.45) is 0 Å². The molecular weight excluding hydrogens is 464 g/mol. The van der Waals surface area contributed by atoms with Gasteiger partial charge in [0.1, 0.15) is 11.3 Å². The molecule has 9 heteroatoms.